The van der Waals surface area contributed by atoms with Crippen molar-refractivity contribution in [3.8, 4) is 0 Å². The Bertz CT molecular complexity index is 1050. The summed E-state index contributed by atoms with van der Waals surface area (Å²) in [4.78, 5) is 0.190. The molecule has 0 amide bonds. The first-order valence-electron chi connectivity index (χ1n) is 9.27. The summed E-state index contributed by atoms with van der Waals surface area (Å²) in [5.41, 5.74) is 6.04. The second-order valence-electron chi connectivity index (χ2n) is 6.94. The molecule has 6 nitrogen and oxygen atoms in total. The fourth-order valence-electron chi connectivity index (χ4n) is 3.37. The molecule has 1 aliphatic rings. The number of nitrogens with zero attached hydrogens (tertiary/aromatic N) is 1. The predicted molar refractivity (Wildman–Crippen MR) is 108 cm³/mol. The van der Waals surface area contributed by atoms with Gasteiger partial charge >= 0.3 is 0 Å². The number of rotatable bonds is 6. The highest BCUT2D eigenvalue weighted by molar-refractivity contribution is 7.95. The Hall–Kier alpha value is -2.87. The molecule has 29 heavy (non-hydrogen) atoms. The Balaban J connectivity index is 2.13. The van der Waals surface area contributed by atoms with Crippen LogP contribution in [0.4, 0.5) is 4.39 Å². The third kappa shape index (κ3) is 3.85. The molecule has 0 unspecified atom stereocenters. The Morgan fingerprint density at radius 1 is 1.14 bits per heavy atom. The van der Waals surface area contributed by atoms with Crippen LogP contribution >= 0.6 is 0 Å². The number of oxime groups is 1. The number of nitrogens with two attached hydrogens (primary N) is 1. The van der Waals surface area contributed by atoms with E-state index in [4.69, 9.17) is 15.7 Å². The van der Waals surface area contributed by atoms with Crippen LogP contribution in [0.2, 0.25) is 0 Å². The van der Waals surface area contributed by atoms with Gasteiger partial charge in [0.05, 0.1) is 9.80 Å². The normalized spacial score (nSPS) is 16.7. The van der Waals surface area contributed by atoms with E-state index in [2.05, 4.69) is 5.16 Å². The molecule has 0 saturated heterocycles. The van der Waals surface area contributed by atoms with Gasteiger partial charge in [-0.25, -0.2) is 12.8 Å². The molecule has 0 aliphatic carbocycles. The van der Waals surface area contributed by atoms with Crippen molar-refractivity contribution in [3.05, 3.63) is 70.4 Å². The Morgan fingerprint density at radius 2 is 1.72 bits per heavy atom. The van der Waals surface area contributed by atoms with Gasteiger partial charge in [0, 0.05) is 17.5 Å². The zero-order chi connectivity index (χ0) is 21.2. The molecule has 0 bridgehead atoms. The first kappa shape index (κ1) is 20.9. The van der Waals surface area contributed by atoms with Crippen LogP contribution < -0.4 is 5.73 Å². The molecule has 0 saturated carbocycles. The van der Waals surface area contributed by atoms with Gasteiger partial charge in [-0.05, 0) is 37.1 Å². The van der Waals surface area contributed by atoms with Crippen molar-refractivity contribution in [1.82, 2.24) is 0 Å². The molecule has 8 heteroatoms. The molecule has 154 valence electrons. The third-order valence-corrected chi connectivity index (χ3v) is 7.21. The van der Waals surface area contributed by atoms with E-state index >= 15 is 0 Å². The molecular weight excluding hydrogens is 395 g/mol. The summed E-state index contributed by atoms with van der Waals surface area (Å²) in [5, 5.41) is 11.8. The van der Waals surface area contributed by atoms with Crippen LogP contribution in [-0.2, 0) is 14.6 Å². The summed E-state index contributed by atoms with van der Waals surface area (Å²) in [6.45, 7) is 3.91. The average molecular weight is 418 g/mol. The molecular formula is C21H23FN2O4S. The molecule has 0 spiro atoms. The molecule has 3 rings (SSSR count). The minimum Gasteiger partial charge on any atom is -0.485 e. The molecule has 0 radical (unpaired) electrons. The largest absolute Gasteiger partial charge is 0.485 e. The molecule has 0 aromatic heterocycles. The number of hydrogen-bond acceptors (Lipinski definition) is 5. The summed E-state index contributed by atoms with van der Waals surface area (Å²) in [6.07, 6.45) is 1.51. The fourth-order valence-corrected chi connectivity index (χ4v) is 5.01. The van der Waals surface area contributed by atoms with Crippen molar-refractivity contribution in [2.75, 3.05) is 0 Å². The van der Waals surface area contributed by atoms with E-state index in [1.165, 1.54) is 12.1 Å². The van der Waals surface area contributed by atoms with E-state index in [9.17, 15) is 12.8 Å². The number of amidine groups is 1. The Morgan fingerprint density at radius 3 is 2.24 bits per heavy atom. The third-order valence-electron chi connectivity index (χ3n) is 5.34. The van der Waals surface area contributed by atoms with Gasteiger partial charge in [0.25, 0.3) is 0 Å². The van der Waals surface area contributed by atoms with Crippen LogP contribution in [-0.4, -0.2) is 25.1 Å². The van der Waals surface area contributed by atoms with E-state index in [0.717, 1.165) is 12.1 Å². The van der Waals surface area contributed by atoms with Gasteiger partial charge in [0.15, 0.2) is 5.84 Å². The highest BCUT2D eigenvalue weighted by Crippen LogP contribution is 2.46. The Labute approximate surface area is 169 Å². The average Bonchev–Trinajstić information content (AvgIpc) is 3.15. The first-order chi connectivity index (χ1) is 13.8. The quantitative estimate of drug-likeness (QED) is 0.242. The van der Waals surface area contributed by atoms with E-state index in [0.29, 0.717) is 24.0 Å². The predicted octanol–water partition coefficient (Wildman–Crippen LogP) is 4.04. The van der Waals surface area contributed by atoms with Crippen LogP contribution in [0.1, 0.15) is 44.2 Å². The lowest BCUT2D eigenvalue weighted by molar-refractivity contribution is 0.0518. The number of ether oxygens (including phenoxy) is 1. The molecule has 1 heterocycles. The van der Waals surface area contributed by atoms with Gasteiger partial charge in [-0.2, -0.15) is 0 Å². The zero-order valence-electron chi connectivity index (χ0n) is 16.2. The molecule has 2 aromatic rings. The number of sulfone groups is 1. The number of halogens is 1. The summed E-state index contributed by atoms with van der Waals surface area (Å²) < 4.78 is 46.2. The fraction of sp³-hybridized carbons (Fsp3) is 0.286. The maximum Gasteiger partial charge on any atom is 0.206 e. The van der Waals surface area contributed by atoms with Crippen molar-refractivity contribution < 1.29 is 22.8 Å². The molecule has 1 aliphatic heterocycles. The lowest BCUT2D eigenvalue weighted by Crippen LogP contribution is -2.26. The lowest BCUT2D eigenvalue weighted by Gasteiger charge is -2.27. The monoisotopic (exact) mass is 418 g/mol. The first-order valence-corrected chi connectivity index (χ1v) is 10.8. The maximum absolute atomic E-state index is 13.3. The maximum atomic E-state index is 13.3. The van der Waals surface area contributed by atoms with Gasteiger partial charge in [-0.3, -0.25) is 0 Å². The lowest BCUT2D eigenvalue weighted by atomic mass is 9.94. The molecule has 0 atom stereocenters. The van der Waals surface area contributed by atoms with E-state index < -0.39 is 21.3 Å². The van der Waals surface area contributed by atoms with Gasteiger partial charge in [-0.15, -0.1) is 0 Å². The van der Waals surface area contributed by atoms with Crippen LogP contribution in [0.25, 0.3) is 5.76 Å². The molecule has 0 fully saturated rings. The van der Waals surface area contributed by atoms with Crippen molar-refractivity contribution in [1.29, 1.82) is 0 Å². The summed E-state index contributed by atoms with van der Waals surface area (Å²) >= 11 is 0. The van der Waals surface area contributed by atoms with Crippen molar-refractivity contribution in [2.24, 2.45) is 10.9 Å². The van der Waals surface area contributed by atoms with Gasteiger partial charge < -0.3 is 15.7 Å². The highest BCUT2D eigenvalue weighted by atomic mass is 32.2. The second-order valence-corrected chi connectivity index (χ2v) is 8.91. The Kier molecular flexibility index (Phi) is 5.66. The standard InChI is InChI=1S/C21H23FN2O4S/c1-3-21(4-2)13-18(29(26,27)17-11-9-16(22)10-12-17)19(28-21)14-5-7-15(8-6-14)20(23)24-25/h5-12,25H,3-4,13H2,1-2H3,(H2,23,24). The topological polar surface area (TPSA) is 102 Å². The smallest absolute Gasteiger partial charge is 0.206 e. The van der Waals surface area contributed by atoms with E-state index in [1.54, 1.807) is 24.3 Å². The van der Waals surface area contributed by atoms with Crippen LogP contribution in [0, 0.1) is 5.82 Å². The number of benzene rings is 2. The van der Waals surface area contributed by atoms with E-state index in [-0.39, 0.29) is 27.8 Å². The molecule has 2 aromatic carbocycles. The van der Waals surface area contributed by atoms with Crippen LogP contribution in [0.3, 0.4) is 0 Å². The number of hydrogen-bond donors (Lipinski definition) is 2. The minimum absolute atomic E-state index is 0.0197. The van der Waals surface area contributed by atoms with E-state index in [1.807, 2.05) is 13.8 Å². The van der Waals surface area contributed by atoms with Crippen LogP contribution in [0.15, 0.2) is 63.5 Å². The highest BCUT2D eigenvalue weighted by Gasteiger charge is 2.43. The second kappa shape index (κ2) is 7.87. The summed E-state index contributed by atoms with van der Waals surface area (Å²) in [5.74, 6) is -0.270. The zero-order valence-corrected chi connectivity index (χ0v) is 17.0. The van der Waals surface area contributed by atoms with Crippen molar-refractivity contribution >= 4 is 21.4 Å². The SMILES string of the molecule is CCC1(CC)CC(S(=O)(=O)c2ccc(F)cc2)=C(c2ccc(/C(N)=N/O)cc2)O1. The van der Waals surface area contributed by atoms with Crippen LogP contribution in [0.5, 0.6) is 0 Å². The minimum atomic E-state index is -3.88. The van der Waals surface area contributed by atoms with Gasteiger partial charge in [0.2, 0.25) is 9.84 Å². The van der Waals surface area contributed by atoms with Crippen molar-refractivity contribution in [3.63, 3.8) is 0 Å². The van der Waals surface area contributed by atoms with Gasteiger partial charge in [0.1, 0.15) is 17.2 Å². The molecule has 3 N–H and O–H groups in total. The van der Waals surface area contributed by atoms with Gasteiger partial charge in [-0.1, -0.05) is 43.3 Å². The van der Waals surface area contributed by atoms with Crippen molar-refractivity contribution in [2.45, 2.75) is 43.6 Å². The summed E-state index contributed by atoms with van der Waals surface area (Å²) in [7, 11) is -3.88. The summed E-state index contributed by atoms with van der Waals surface area (Å²) in [6, 6.07) is 11.4.